The maximum Gasteiger partial charge on any atom is 0.271 e. The number of benzene rings is 2. The summed E-state index contributed by atoms with van der Waals surface area (Å²) in [6.07, 6.45) is 0.955. The first kappa shape index (κ1) is 20.4. The van der Waals surface area contributed by atoms with Gasteiger partial charge in [0.15, 0.2) is 0 Å². The Hall–Kier alpha value is -2.94. The zero-order chi connectivity index (χ0) is 20.2. The van der Waals surface area contributed by atoms with Gasteiger partial charge in [-0.25, -0.2) is 8.42 Å². The number of rotatable bonds is 7. The van der Waals surface area contributed by atoms with Gasteiger partial charge in [0, 0.05) is 12.1 Å². The predicted octanol–water partition coefficient (Wildman–Crippen LogP) is 2.63. The van der Waals surface area contributed by atoms with Gasteiger partial charge in [-0.05, 0) is 25.5 Å². The molecule has 27 heavy (non-hydrogen) atoms. The molecule has 144 valence electrons. The summed E-state index contributed by atoms with van der Waals surface area (Å²) in [4.78, 5) is 23.0. The molecule has 2 atom stereocenters. The number of anilines is 1. The Morgan fingerprint density at radius 2 is 1.74 bits per heavy atom. The van der Waals surface area contributed by atoms with Crippen LogP contribution in [0.2, 0.25) is 0 Å². The number of nitro benzene ring substituents is 1. The van der Waals surface area contributed by atoms with Crippen molar-refractivity contribution in [3.63, 3.8) is 0 Å². The number of carbonyl (C=O) groups is 1. The SMILES string of the molecule is C[C@H](NC(=O)[C@H](C)N(c1cccc([N+](=O)[O-])c1)S(C)(=O)=O)c1ccccc1. The number of nitro groups is 1. The van der Waals surface area contributed by atoms with E-state index in [9.17, 15) is 23.3 Å². The third-order valence-electron chi connectivity index (χ3n) is 4.04. The van der Waals surface area contributed by atoms with Crippen LogP contribution in [0.15, 0.2) is 54.6 Å². The summed E-state index contributed by atoms with van der Waals surface area (Å²) < 4.78 is 25.5. The van der Waals surface area contributed by atoms with Crippen LogP contribution >= 0.6 is 0 Å². The van der Waals surface area contributed by atoms with E-state index in [2.05, 4.69) is 5.32 Å². The Kier molecular flexibility index (Phi) is 6.17. The molecule has 8 nitrogen and oxygen atoms in total. The predicted molar refractivity (Wildman–Crippen MR) is 103 cm³/mol. The number of sulfonamides is 1. The van der Waals surface area contributed by atoms with Crippen LogP contribution in [0.4, 0.5) is 11.4 Å². The van der Waals surface area contributed by atoms with E-state index >= 15 is 0 Å². The second-order valence-electron chi connectivity index (χ2n) is 6.15. The molecular formula is C18H21N3O5S. The van der Waals surface area contributed by atoms with E-state index in [4.69, 9.17) is 0 Å². The highest BCUT2D eigenvalue weighted by atomic mass is 32.2. The standard InChI is InChI=1S/C18H21N3O5S/c1-13(15-8-5-4-6-9-15)19-18(22)14(2)20(27(3,25)26)16-10-7-11-17(12-16)21(23)24/h4-14H,1-3H3,(H,19,22)/t13-,14-/m0/s1. The van der Waals surface area contributed by atoms with Crippen molar-refractivity contribution in [3.05, 3.63) is 70.3 Å². The lowest BCUT2D eigenvalue weighted by Crippen LogP contribution is -2.48. The second-order valence-corrected chi connectivity index (χ2v) is 8.01. The summed E-state index contributed by atoms with van der Waals surface area (Å²) in [6.45, 7) is 3.23. The average Bonchev–Trinajstić information content (AvgIpc) is 2.61. The van der Waals surface area contributed by atoms with Gasteiger partial charge in [-0.1, -0.05) is 36.4 Å². The minimum atomic E-state index is -3.86. The lowest BCUT2D eigenvalue weighted by Gasteiger charge is -2.29. The molecule has 2 aromatic rings. The molecule has 0 aromatic heterocycles. The molecule has 0 unspecified atom stereocenters. The number of nitrogens with zero attached hydrogens (tertiary/aromatic N) is 2. The number of amides is 1. The van der Waals surface area contributed by atoms with E-state index in [0.29, 0.717) is 0 Å². The van der Waals surface area contributed by atoms with Gasteiger partial charge in [0.2, 0.25) is 15.9 Å². The molecule has 9 heteroatoms. The summed E-state index contributed by atoms with van der Waals surface area (Å²) in [5.41, 5.74) is 0.674. The molecule has 0 aliphatic carbocycles. The van der Waals surface area contributed by atoms with Crippen LogP contribution in [0.5, 0.6) is 0 Å². The van der Waals surface area contributed by atoms with Crippen LogP contribution < -0.4 is 9.62 Å². The van der Waals surface area contributed by atoms with E-state index in [1.165, 1.54) is 25.1 Å². The van der Waals surface area contributed by atoms with Crippen molar-refractivity contribution in [1.82, 2.24) is 5.32 Å². The zero-order valence-electron chi connectivity index (χ0n) is 15.2. The van der Waals surface area contributed by atoms with Gasteiger partial charge in [-0.3, -0.25) is 19.2 Å². The quantitative estimate of drug-likeness (QED) is 0.576. The Bertz CT molecular complexity index is 931. The molecule has 0 spiro atoms. The molecule has 0 aliphatic heterocycles. The largest absolute Gasteiger partial charge is 0.348 e. The van der Waals surface area contributed by atoms with Crippen LogP contribution in [0.1, 0.15) is 25.5 Å². The van der Waals surface area contributed by atoms with Crippen LogP contribution in [0.3, 0.4) is 0 Å². The number of nitrogens with one attached hydrogen (secondary N) is 1. The van der Waals surface area contributed by atoms with Gasteiger partial charge in [-0.2, -0.15) is 0 Å². The summed E-state index contributed by atoms with van der Waals surface area (Å²) in [6, 6.07) is 13.0. The Morgan fingerprint density at radius 1 is 1.11 bits per heavy atom. The van der Waals surface area contributed by atoms with Crippen LogP contribution in [0.25, 0.3) is 0 Å². The smallest absolute Gasteiger partial charge is 0.271 e. The van der Waals surface area contributed by atoms with E-state index in [-0.39, 0.29) is 17.4 Å². The molecule has 0 radical (unpaired) electrons. The molecule has 0 aliphatic rings. The minimum Gasteiger partial charge on any atom is -0.348 e. The molecule has 0 heterocycles. The van der Waals surface area contributed by atoms with Crippen LogP contribution in [-0.2, 0) is 14.8 Å². The number of non-ortho nitro benzene ring substituents is 1. The highest BCUT2D eigenvalue weighted by Gasteiger charge is 2.30. The van der Waals surface area contributed by atoms with E-state index in [0.717, 1.165) is 22.2 Å². The number of carbonyl (C=O) groups excluding carboxylic acids is 1. The highest BCUT2D eigenvalue weighted by Crippen LogP contribution is 2.25. The van der Waals surface area contributed by atoms with Gasteiger partial charge < -0.3 is 5.32 Å². The first-order chi connectivity index (χ1) is 12.6. The van der Waals surface area contributed by atoms with Crippen LogP contribution in [0, 0.1) is 10.1 Å². The lowest BCUT2D eigenvalue weighted by molar-refractivity contribution is -0.384. The first-order valence-electron chi connectivity index (χ1n) is 8.20. The van der Waals surface area contributed by atoms with Crippen molar-refractivity contribution in [2.45, 2.75) is 25.9 Å². The Morgan fingerprint density at radius 3 is 2.30 bits per heavy atom. The second kappa shape index (κ2) is 8.17. The summed E-state index contributed by atoms with van der Waals surface area (Å²) in [5.74, 6) is -0.511. The van der Waals surface area contributed by atoms with Crippen molar-refractivity contribution >= 4 is 27.3 Å². The number of hydrogen-bond acceptors (Lipinski definition) is 5. The highest BCUT2D eigenvalue weighted by molar-refractivity contribution is 7.92. The van der Waals surface area contributed by atoms with E-state index in [1.807, 2.05) is 30.3 Å². The van der Waals surface area contributed by atoms with Gasteiger partial charge in [0.25, 0.3) is 5.69 Å². The number of hydrogen-bond donors (Lipinski definition) is 1. The Labute approximate surface area is 158 Å². The first-order valence-corrected chi connectivity index (χ1v) is 10.0. The monoisotopic (exact) mass is 391 g/mol. The van der Waals surface area contributed by atoms with Gasteiger partial charge in [0.05, 0.1) is 22.9 Å². The Balaban J connectivity index is 2.30. The van der Waals surface area contributed by atoms with Crippen molar-refractivity contribution in [2.24, 2.45) is 0 Å². The topological polar surface area (TPSA) is 110 Å². The van der Waals surface area contributed by atoms with Crippen LogP contribution in [-0.4, -0.2) is 31.5 Å². The van der Waals surface area contributed by atoms with Gasteiger partial charge in [0.1, 0.15) is 6.04 Å². The van der Waals surface area contributed by atoms with E-state index < -0.39 is 26.9 Å². The molecular weight excluding hydrogens is 370 g/mol. The van der Waals surface area contributed by atoms with Crippen molar-refractivity contribution in [2.75, 3.05) is 10.6 Å². The molecule has 1 amide bonds. The fraction of sp³-hybridized carbons (Fsp3) is 0.278. The maximum absolute atomic E-state index is 12.7. The molecule has 1 N–H and O–H groups in total. The summed E-state index contributed by atoms with van der Waals surface area (Å²) in [7, 11) is -3.86. The fourth-order valence-electron chi connectivity index (χ4n) is 2.71. The van der Waals surface area contributed by atoms with Crippen molar-refractivity contribution in [3.8, 4) is 0 Å². The average molecular weight is 391 g/mol. The van der Waals surface area contributed by atoms with Gasteiger partial charge >= 0.3 is 0 Å². The molecule has 0 saturated heterocycles. The molecule has 2 rings (SSSR count). The minimum absolute atomic E-state index is 0.0571. The molecule has 0 saturated carbocycles. The third-order valence-corrected chi connectivity index (χ3v) is 5.28. The third kappa shape index (κ3) is 5.04. The van der Waals surface area contributed by atoms with E-state index in [1.54, 1.807) is 6.92 Å². The fourth-order valence-corrected chi connectivity index (χ4v) is 3.88. The normalized spacial score (nSPS) is 13.4. The lowest BCUT2D eigenvalue weighted by atomic mass is 10.1. The zero-order valence-corrected chi connectivity index (χ0v) is 16.0. The maximum atomic E-state index is 12.7. The summed E-state index contributed by atoms with van der Waals surface area (Å²) >= 11 is 0. The molecule has 0 bridgehead atoms. The van der Waals surface area contributed by atoms with Crippen molar-refractivity contribution in [1.29, 1.82) is 0 Å². The van der Waals surface area contributed by atoms with Gasteiger partial charge in [-0.15, -0.1) is 0 Å². The van der Waals surface area contributed by atoms with Crippen molar-refractivity contribution < 1.29 is 18.1 Å². The summed E-state index contributed by atoms with van der Waals surface area (Å²) in [5, 5.41) is 13.8. The molecule has 0 fully saturated rings. The molecule has 2 aromatic carbocycles.